The normalized spacial score (nSPS) is 21.6. The van der Waals surface area contributed by atoms with Gasteiger partial charge in [-0.05, 0) is 36.6 Å². The zero-order chi connectivity index (χ0) is 13.0. The van der Waals surface area contributed by atoms with Crippen molar-refractivity contribution in [1.82, 2.24) is 5.32 Å². The second kappa shape index (κ2) is 6.01. The average molecular weight is 246 g/mol. The zero-order valence-corrected chi connectivity index (χ0v) is 11.3. The van der Waals surface area contributed by atoms with Crippen LogP contribution < -0.4 is 10.2 Å². The highest BCUT2D eigenvalue weighted by Crippen LogP contribution is 2.19. The first-order valence-corrected chi connectivity index (χ1v) is 6.80. The van der Waals surface area contributed by atoms with Gasteiger partial charge in [-0.1, -0.05) is 26.0 Å². The van der Waals surface area contributed by atoms with Gasteiger partial charge in [0.15, 0.2) is 0 Å². The molecular weight excluding hydrogens is 224 g/mol. The standard InChI is InChI=1S/C15H22N2O/c1-3-13-4-6-14(7-5-13)17-11-12(2)10-16-9-8-15(17)18/h4-7,12,16H,3,8-11H2,1-2H3. The number of carbonyl (C=O) groups excluding carboxylic acids is 1. The minimum Gasteiger partial charge on any atom is -0.316 e. The number of aryl methyl sites for hydroxylation is 1. The van der Waals surface area contributed by atoms with E-state index >= 15 is 0 Å². The number of hydrogen-bond acceptors (Lipinski definition) is 2. The topological polar surface area (TPSA) is 32.3 Å². The van der Waals surface area contributed by atoms with E-state index in [1.165, 1.54) is 5.56 Å². The van der Waals surface area contributed by atoms with Crippen molar-refractivity contribution in [2.24, 2.45) is 5.92 Å². The summed E-state index contributed by atoms with van der Waals surface area (Å²) in [4.78, 5) is 14.1. The number of hydrogen-bond donors (Lipinski definition) is 1. The van der Waals surface area contributed by atoms with Gasteiger partial charge in [0.05, 0.1) is 0 Å². The lowest BCUT2D eigenvalue weighted by molar-refractivity contribution is -0.118. The molecule has 98 valence electrons. The van der Waals surface area contributed by atoms with Crippen LogP contribution in [0.5, 0.6) is 0 Å². The van der Waals surface area contributed by atoms with Crippen LogP contribution in [0.3, 0.4) is 0 Å². The zero-order valence-electron chi connectivity index (χ0n) is 11.3. The van der Waals surface area contributed by atoms with Gasteiger partial charge in [-0.2, -0.15) is 0 Å². The second-order valence-electron chi connectivity index (χ2n) is 5.08. The number of amides is 1. The molecule has 1 amide bonds. The monoisotopic (exact) mass is 246 g/mol. The Labute approximate surface area is 109 Å². The molecule has 0 spiro atoms. The highest BCUT2D eigenvalue weighted by molar-refractivity contribution is 5.93. The quantitative estimate of drug-likeness (QED) is 0.867. The number of rotatable bonds is 2. The molecule has 1 saturated heterocycles. The van der Waals surface area contributed by atoms with Gasteiger partial charge in [0.1, 0.15) is 0 Å². The summed E-state index contributed by atoms with van der Waals surface area (Å²) in [6, 6.07) is 8.37. The SMILES string of the molecule is CCc1ccc(N2CC(C)CNCCC2=O)cc1. The molecule has 1 aromatic rings. The average Bonchev–Trinajstić information content (AvgIpc) is 2.39. The molecular formula is C15H22N2O. The molecule has 1 heterocycles. The number of nitrogens with one attached hydrogen (secondary N) is 1. The molecule has 0 aliphatic carbocycles. The first kappa shape index (κ1) is 13.1. The minimum atomic E-state index is 0.221. The Morgan fingerprint density at radius 3 is 2.72 bits per heavy atom. The molecule has 0 bridgehead atoms. The Bertz CT molecular complexity index is 399. The van der Waals surface area contributed by atoms with Crippen LogP contribution in [-0.4, -0.2) is 25.5 Å². The van der Waals surface area contributed by atoms with Gasteiger partial charge in [-0.15, -0.1) is 0 Å². The Kier molecular flexibility index (Phi) is 4.37. The van der Waals surface area contributed by atoms with E-state index in [1.54, 1.807) is 0 Å². The minimum absolute atomic E-state index is 0.221. The van der Waals surface area contributed by atoms with Gasteiger partial charge >= 0.3 is 0 Å². The van der Waals surface area contributed by atoms with E-state index in [-0.39, 0.29) is 5.91 Å². The smallest absolute Gasteiger partial charge is 0.228 e. The van der Waals surface area contributed by atoms with E-state index in [0.29, 0.717) is 12.3 Å². The molecule has 3 nitrogen and oxygen atoms in total. The van der Waals surface area contributed by atoms with Crippen LogP contribution in [0.2, 0.25) is 0 Å². The van der Waals surface area contributed by atoms with Gasteiger partial charge in [-0.3, -0.25) is 4.79 Å². The fourth-order valence-corrected chi connectivity index (χ4v) is 2.32. The van der Waals surface area contributed by atoms with Crippen molar-refractivity contribution in [3.63, 3.8) is 0 Å². The summed E-state index contributed by atoms with van der Waals surface area (Å²) in [5, 5.41) is 3.31. The van der Waals surface area contributed by atoms with Crippen LogP contribution in [0.15, 0.2) is 24.3 Å². The molecule has 1 atom stereocenters. The predicted octanol–water partition coefficient (Wildman–Crippen LogP) is 2.21. The molecule has 1 N–H and O–H groups in total. The highest BCUT2D eigenvalue weighted by Gasteiger charge is 2.20. The molecule has 1 aliphatic rings. The molecule has 1 aliphatic heterocycles. The van der Waals surface area contributed by atoms with E-state index in [9.17, 15) is 4.79 Å². The summed E-state index contributed by atoms with van der Waals surface area (Å²) in [6.45, 7) is 6.89. The van der Waals surface area contributed by atoms with Gasteiger partial charge in [0.2, 0.25) is 5.91 Å². The summed E-state index contributed by atoms with van der Waals surface area (Å²) in [5.74, 6) is 0.707. The highest BCUT2D eigenvalue weighted by atomic mass is 16.2. The Balaban J connectivity index is 2.18. The summed E-state index contributed by atoms with van der Waals surface area (Å²) in [5.41, 5.74) is 2.35. The van der Waals surface area contributed by atoms with E-state index < -0.39 is 0 Å². The van der Waals surface area contributed by atoms with Crippen molar-refractivity contribution >= 4 is 11.6 Å². The lowest BCUT2D eigenvalue weighted by Crippen LogP contribution is -2.42. The number of anilines is 1. The van der Waals surface area contributed by atoms with Crippen molar-refractivity contribution in [2.75, 3.05) is 24.5 Å². The Morgan fingerprint density at radius 1 is 1.33 bits per heavy atom. The molecule has 0 aromatic heterocycles. The molecule has 2 rings (SSSR count). The molecule has 0 radical (unpaired) electrons. The molecule has 18 heavy (non-hydrogen) atoms. The van der Waals surface area contributed by atoms with Crippen LogP contribution in [0.4, 0.5) is 5.69 Å². The van der Waals surface area contributed by atoms with Crippen LogP contribution in [-0.2, 0) is 11.2 Å². The van der Waals surface area contributed by atoms with Crippen molar-refractivity contribution < 1.29 is 4.79 Å². The molecule has 0 saturated carbocycles. The number of benzene rings is 1. The van der Waals surface area contributed by atoms with Gasteiger partial charge in [0, 0.05) is 25.2 Å². The molecule has 1 unspecified atom stereocenters. The van der Waals surface area contributed by atoms with Crippen molar-refractivity contribution in [3.05, 3.63) is 29.8 Å². The summed E-state index contributed by atoms with van der Waals surface area (Å²) < 4.78 is 0. The third kappa shape index (κ3) is 3.10. The molecule has 3 heteroatoms. The van der Waals surface area contributed by atoms with Crippen molar-refractivity contribution in [1.29, 1.82) is 0 Å². The second-order valence-corrected chi connectivity index (χ2v) is 5.08. The fraction of sp³-hybridized carbons (Fsp3) is 0.533. The molecule has 1 aromatic carbocycles. The summed E-state index contributed by atoms with van der Waals surface area (Å²) >= 11 is 0. The molecule has 1 fully saturated rings. The lowest BCUT2D eigenvalue weighted by Gasteiger charge is -2.29. The summed E-state index contributed by atoms with van der Waals surface area (Å²) in [6.07, 6.45) is 1.62. The van der Waals surface area contributed by atoms with E-state index in [4.69, 9.17) is 0 Å². The van der Waals surface area contributed by atoms with Crippen molar-refractivity contribution in [2.45, 2.75) is 26.7 Å². The summed E-state index contributed by atoms with van der Waals surface area (Å²) in [7, 11) is 0. The van der Waals surface area contributed by atoms with E-state index in [2.05, 4.69) is 43.4 Å². The predicted molar refractivity (Wildman–Crippen MR) is 74.8 cm³/mol. The fourth-order valence-electron chi connectivity index (χ4n) is 2.32. The third-order valence-electron chi connectivity index (χ3n) is 3.46. The number of nitrogens with zero attached hydrogens (tertiary/aromatic N) is 1. The maximum atomic E-state index is 12.2. The van der Waals surface area contributed by atoms with Gasteiger partial charge in [0.25, 0.3) is 0 Å². The maximum absolute atomic E-state index is 12.2. The Morgan fingerprint density at radius 2 is 2.06 bits per heavy atom. The van der Waals surface area contributed by atoms with Gasteiger partial charge < -0.3 is 10.2 Å². The Hall–Kier alpha value is -1.35. The third-order valence-corrected chi connectivity index (χ3v) is 3.46. The van der Waals surface area contributed by atoms with Crippen LogP contribution in [0, 0.1) is 5.92 Å². The maximum Gasteiger partial charge on any atom is 0.228 e. The van der Waals surface area contributed by atoms with Gasteiger partial charge in [-0.25, -0.2) is 0 Å². The van der Waals surface area contributed by atoms with Crippen LogP contribution >= 0.6 is 0 Å². The number of carbonyl (C=O) groups is 1. The van der Waals surface area contributed by atoms with E-state index in [1.807, 2.05) is 4.90 Å². The first-order valence-electron chi connectivity index (χ1n) is 6.80. The van der Waals surface area contributed by atoms with Crippen LogP contribution in [0.1, 0.15) is 25.8 Å². The lowest BCUT2D eigenvalue weighted by atomic mass is 10.1. The largest absolute Gasteiger partial charge is 0.316 e. The van der Waals surface area contributed by atoms with E-state index in [0.717, 1.165) is 31.7 Å². The first-order chi connectivity index (χ1) is 8.70. The van der Waals surface area contributed by atoms with Crippen molar-refractivity contribution in [3.8, 4) is 0 Å². The van der Waals surface area contributed by atoms with Crippen LogP contribution in [0.25, 0.3) is 0 Å².